The van der Waals surface area contributed by atoms with Crippen LogP contribution in [-0.4, -0.2) is 16.0 Å². The molecule has 0 saturated heterocycles. The first-order chi connectivity index (χ1) is 8.18. The third-order valence-corrected chi connectivity index (χ3v) is 4.22. The van der Waals surface area contributed by atoms with Gasteiger partial charge in [0.1, 0.15) is 10.3 Å². The van der Waals surface area contributed by atoms with Crippen LogP contribution >= 0.6 is 15.9 Å². The van der Waals surface area contributed by atoms with Crippen LogP contribution in [0.3, 0.4) is 0 Å². The lowest BCUT2D eigenvalue weighted by Crippen LogP contribution is -2.28. The third-order valence-electron chi connectivity index (χ3n) is 3.48. The number of H-pyrrole nitrogens is 1. The molecule has 1 aromatic rings. The molecule has 2 N–H and O–H groups in total. The van der Waals surface area contributed by atoms with Crippen molar-refractivity contribution in [3.63, 3.8) is 0 Å². The maximum atomic E-state index is 11.4. The minimum absolute atomic E-state index is 0.135. The topological polar surface area (TPSA) is 57.8 Å². The summed E-state index contributed by atoms with van der Waals surface area (Å²) in [5, 5.41) is 3.40. The molecule has 17 heavy (non-hydrogen) atoms. The van der Waals surface area contributed by atoms with E-state index in [0.29, 0.717) is 22.3 Å². The Bertz CT molecular complexity index is 432. The Morgan fingerprint density at radius 1 is 1.41 bits per heavy atom. The molecule has 1 aromatic heterocycles. The molecule has 4 nitrogen and oxygen atoms in total. The fourth-order valence-corrected chi connectivity index (χ4v) is 2.70. The maximum absolute atomic E-state index is 11.4. The summed E-state index contributed by atoms with van der Waals surface area (Å²) < 4.78 is 0.497. The van der Waals surface area contributed by atoms with Crippen molar-refractivity contribution in [1.29, 1.82) is 0 Å². The Balaban J connectivity index is 2.13. The van der Waals surface area contributed by atoms with E-state index >= 15 is 0 Å². The second kappa shape index (κ2) is 5.67. The number of halogens is 1. The lowest BCUT2D eigenvalue weighted by Gasteiger charge is -2.23. The molecule has 0 radical (unpaired) electrons. The first-order valence-corrected chi connectivity index (χ1v) is 6.97. The van der Waals surface area contributed by atoms with E-state index in [1.165, 1.54) is 32.0 Å². The van der Waals surface area contributed by atoms with Crippen LogP contribution in [0.1, 0.15) is 39.0 Å². The number of hydrogen-bond donors (Lipinski definition) is 2. The van der Waals surface area contributed by atoms with Crippen molar-refractivity contribution in [3.05, 3.63) is 21.2 Å². The second-order valence-corrected chi connectivity index (χ2v) is 5.55. The van der Waals surface area contributed by atoms with Crippen molar-refractivity contribution >= 4 is 21.7 Å². The van der Waals surface area contributed by atoms with Crippen LogP contribution in [0.25, 0.3) is 0 Å². The molecular weight excluding hydrogens is 282 g/mol. The van der Waals surface area contributed by atoms with Crippen molar-refractivity contribution in [2.24, 2.45) is 5.92 Å². The second-order valence-electron chi connectivity index (χ2n) is 4.76. The molecule has 1 saturated carbocycles. The molecule has 0 aromatic carbocycles. The average molecular weight is 300 g/mol. The fourth-order valence-electron chi connectivity index (χ4n) is 2.37. The molecule has 0 amide bonds. The molecule has 1 fully saturated rings. The molecule has 5 heteroatoms. The van der Waals surface area contributed by atoms with Crippen LogP contribution in [0, 0.1) is 5.92 Å². The summed E-state index contributed by atoms with van der Waals surface area (Å²) >= 11 is 3.28. The quantitative estimate of drug-likeness (QED) is 0.826. The van der Waals surface area contributed by atoms with Gasteiger partial charge in [0.15, 0.2) is 0 Å². The zero-order valence-corrected chi connectivity index (χ0v) is 11.6. The Kier molecular flexibility index (Phi) is 4.20. The smallest absolute Gasteiger partial charge is 0.267 e. The van der Waals surface area contributed by atoms with Crippen LogP contribution in [0.5, 0.6) is 0 Å². The summed E-state index contributed by atoms with van der Waals surface area (Å²) in [6, 6.07) is 0.420. The van der Waals surface area contributed by atoms with Gasteiger partial charge in [-0.05, 0) is 34.7 Å². The van der Waals surface area contributed by atoms with E-state index < -0.39 is 0 Å². The normalized spacial score (nSPS) is 25.3. The number of anilines is 1. The van der Waals surface area contributed by atoms with Crippen LogP contribution in [0.4, 0.5) is 5.82 Å². The standard InChI is InChI=1S/C12H18BrN3O/c1-8-5-3-2-4-6-9(8)16-11-10(13)12(17)15-7-14-11/h7-9H,2-6H2,1H3,(H2,14,15,16,17). The monoisotopic (exact) mass is 299 g/mol. The van der Waals surface area contributed by atoms with Crippen molar-refractivity contribution < 1.29 is 0 Å². The number of hydrogen-bond acceptors (Lipinski definition) is 3. The van der Waals surface area contributed by atoms with E-state index in [1.807, 2.05) is 0 Å². The lowest BCUT2D eigenvalue weighted by molar-refractivity contribution is 0.455. The van der Waals surface area contributed by atoms with Gasteiger partial charge in [-0.25, -0.2) is 4.98 Å². The Morgan fingerprint density at radius 3 is 3.00 bits per heavy atom. The third kappa shape index (κ3) is 3.09. The molecule has 2 unspecified atom stereocenters. The molecule has 1 aliphatic carbocycles. The minimum atomic E-state index is -0.135. The summed E-state index contributed by atoms with van der Waals surface area (Å²) in [4.78, 5) is 18.2. The molecular formula is C12H18BrN3O. The number of aromatic amines is 1. The Hall–Kier alpha value is -0.840. The zero-order chi connectivity index (χ0) is 12.3. The molecule has 1 heterocycles. The van der Waals surface area contributed by atoms with Crippen molar-refractivity contribution in [1.82, 2.24) is 9.97 Å². The van der Waals surface area contributed by atoms with E-state index in [1.54, 1.807) is 0 Å². The predicted octanol–water partition coefficient (Wildman–Crippen LogP) is 2.91. The van der Waals surface area contributed by atoms with E-state index in [0.717, 1.165) is 6.42 Å². The van der Waals surface area contributed by atoms with Gasteiger partial charge in [-0.2, -0.15) is 0 Å². The Labute approximate surface area is 109 Å². The van der Waals surface area contributed by atoms with Gasteiger partial charge in [0.2, 0.25) is 0 Å². The van der Waals surface area contributed by atoms with Gasteiger partial charge in [-0.3, -0.25) is 4.79 Å². The molecule has 0 aliphatic heterocycles. The van der Waals surface area contributed by atoms with Crippen LogP contribution < -0.4 is 10.9 Å². The molecule has 94 valence electrons. The average Bonchev–Trinajstić information content (AvgIpc) is 2.51. The van der Waals surface area contributed by atoms with Crippen molar-refractivity contribution in [3.8, 4) is 0 Å². The van der Waals surface area contributed by atoms with E-state index in [-0.39, 0.29) is 5.56 Å². The van der Waals surface area contributed by atoms with Crippen molar-refractivity contribution in [2.75, 3.05) is 5.32 Å². The summed E-state index contributed by atoms with van der Waals surface area (Å²) in [6.45, 7) is 2.27. The SMILES string of the molecule is CC1CCCCCC1Nc1nc[nH]c(=O)c1Br. The van der Waals surface area contributed by atoms with Gasteiger partial charge in [-0.15, -0.1) is 0 Å². The van der Waals surface area contributed by atoms with Crippen LogP contribution in [-0.2, 0) is 0 Å². The number of rotatable bonds is 2. The molecule has 0 spiro atoms. The minimum Gasteiger partial charge on any atom is -0.366 e. The number of nitrogens with one attached hydrogen (secondary N) is 2. The highest BCUT2D eigenvalue weighted by Crippen LogP contribution is 2.26. The number of nitrogens with zero attached hydrogens (tertiary/aromatic N) is 1. The van der Waals surface area contributed by atoms with Gasteiger partial charge >= 0.3 is 0 Å². The first-order valence-electron chi connectivity index (χ1n) is 6.18. The van der Waals surface area contributed by atoms with Gasteiger partial charge < -0.3 is 10.3 Å². The van der Waals surface area contributed by atoms with Crippen LogP contribution in [0.2, 0.25) is 0 Å². The molecule has 2 rings (SSSR count). The lowest BCUT2D eigenvalue weighted by atomic mass is 9.97. The van der Waals surface area contributed by atoms with Crippen LogP contribution in [0.15, 0.2) is 15.6 Å². The maximum Gasteiger partial charge on any atom is 0.267 e. The highest BCUT2D eigenvalue weighted by atomic mass is 79.9. The Morgan fingerprint density at radius 2 is 2.18 bits per heavy atom. The molecule has 0 bridgehead atoms. The highest BCUT2D eigenvalue weighted by molar-refractivity contribution is 9.10. The van der Waals surface area contributed by atoms with Gasteiger partial charge in [-0.1, -0.05) is 26.2 Å². The molecule has 2 atom stereocenters. The van der Waals surface area contributed by atoms with E-state index in [4.69, 9.17) is 0 Å². The van der Waals surface area contributed by atoms with Crippen molar-refractivity contribution in [2.45, 2.75) is 45.1 Å². The van der Waals surface area contributed by atoms with E-state index in [2.05, 4.69) is 38.1 Å². The largest absolute Gasteiger partial charge is 0.366 e. The molecule has 1 aliphatic rings. The van der Waals surface area contributed by atoms with Gasteiger partial charge in [0.05, 0.1) is 6.33 Å². The summed E-state index contributed by atoms with van der Waals surface area (Å²) in [5.41, 5.74) is -0.135. The summed E-state index contributed by atoms with van der Waals surface area (Å²) in [7, 11) is 0. The highest BCUT2D eigenvalue weighted by Gasteiger charge is 2.21. The first kappa shape index (κ1) is 12.6. The van der Waals surface area contributed by atoms with E-state index in [9.17, 15) is 4.79 Å². The zero-order valence-electron chi connectivity index (χ0n) is 10.0. The van der Waals surface area contributed by atoms with Gasteiger partial charge in [0.25, 0.3) is 5.56 Å². The number of aromatic nitrogens is 2. The summed E-state index contributed by atoms with van der Waals surface area (Å²) in [5.74, 6) is 1.29. The summed E-state index contributed by atoms with van der Waals surface area (Å²) in [6.07, 6.45) is 7.72. The fraction of sp³-hybridized carbons (Fsp3) is 0.667. The van der Waals surface area contributed by atoms with Gasteiger partial charge in [0, 0.05) is 6.04 Å². The predicted molar refractivity (Wildman–Crippen MR) is 72.2 cm³/mol.